The second-order valence-corrected chi connectivity index (χ2v) is 8.30. The molecule has 0 aromatic carbocycles. The maximum Gasteiger partial charge on any atom is 0.261 e. The van der Waals surface area contributed by atoms with Crippen LogP contribution in [-0.4, -0.2) is 48.5 Å². The van der Waals surface area contributed by atoms with Crippen molar-refractivity contribution in [3.63, 3.8) is 0 Å². The highest BCUT2D eigenvalue weighted by molar-refractivity contribution is 14.0. The van der Waals surface area contributed by atoms with Gasteiger partial charge in [0, 0.05) is 37.1 Å². The molecule has 25 heavy (non-hydrogen) atoms. The molecule has 142 valence electrons. The highest BCUT2D eigenvalue weighted by Crippen LogP contribution is 2.46. The Morgan fingerprint density at radius 1 is 1.32 bits per heavy atom. The Balaban J connectivity index is 0.00000312. The van der Waals surface area contributed by atoms with Gasteiger partial charge in [-0.3, -0.25) is 9.79 Å². The molecule has 1 aliphatic rings. The summed E-state index contributed by atoms with van der Waals surface area (Å²) >= 11 is 1.46. The van der Waals surface area contributed by atoms with Crippen LogP contribution in [0, 0.1) is 5.41 Å². The summed E-state index contributed by atoms with van der Waals surface area (Å²) in [6, 6.07) is 3.73. The summed E-state index contributed by atoms with van der Waals surface area (Å²) < 4.78 is 0. The van der Waals surface area contributed by atoms with Crippen molar-refractivity contribution in [2.45, 2.75) is 46.6 Å². The quantitative estimate of drug-likeness (QED) is 0.285. The van der Waals surface area contributed by atoms with Crippen LogP contribution in [0.4, 0.5) is 0 Å². The average Bonchev–Trinajstić information content (AvgIpc) is 3.05. The van der Waals surface area contributed by atoms with E-state index in [1.54, 1.807) is 0 Å². The molecule has 1 aliphatic heterocycles. The van der Waals surface area contributed by atoms with Gasteiger partial charge in [0.2, 0.25) is 0 Å². The minimum absolute atomic E-state index is 0. The molecule has 1 aromatic heterocycles. The van der Waals surface area contributed by atoms with Crippen molar-refractivity contribution in [1.29, 1.82) is 0 Å². The van der Waals surface area contributed by atoms with Crippen molar-refractivity contribution >= 4 is 47.2 Å². The standard InChI is InChI=1S/C18H30N4OS.HI/c1-6-19-16(22-13-17(2,3)18(22,4)5)21-11-8-10-20-15(23)14-9-7-12-24-14;/h7,9,12H,6,8,10-11,13H2,1-5H3,(H,19,21)(H,20,23);1H. The number of amides is 1. The van der Waals surface area contributed by atoms with Crippen LogP contribution in [0.5, 0.6) is 0 Å². The van der Waals surface area contributed by atoms with Crippen molar-refractivity contribution in [1.82, 2.24) is 15.5 Å². The third kappa shape index (κ3) is 5.09. The first-order valence-corrected chi connectivity index (χ1v) is 9.55. The van der Waals surface area contributed by atoms with E-state index in [1.165, 1.54) is 11.3 Å². The first kappa shape index (κ1) is 22.2. The van der Waals surface area contributed by atoms with E-state index in [4.69, 9.17) is 4.99 Å². The molecule has 1 saturated heterocycles. The van der Waals surface area contributed by atoms with E-state index in [0.717, 1.165) is 30.3 Å². The molecule has 0 bridgehead atoms. The van der Waals surface area contributed by atoms with E-state index in [9.17, 15) is 4.79 Å². The zero-order valence-corrected chi connectivity index (χ0v) is 19.0. The molecule has 2 N–H and O–H groups in total. The number of halogens is 1. The minimum Gasteiger partial charge on any atom is -0.356 e. The van der Waals surface area contributed by atoms with Crippen LogP contribution in [0.25, 0.3) is 0 Å². The number of hydrogen-bond acceptors (Lipinski definition) is 3. The zero-order chi connectivity index (χ0) is 17.8. The van der Waals surface area contributed by atoms with Crippen molar-refractivity contribution in [2.75, 3.05) is 26.2 Å². The van der Waals surface area contributed by atoms with E-state index in [-0.39, 0.29) is 40.8 Å². The molecule has 0 atom stereocenters. The van der Waals surface area contributed by atoms with E-state index in [2.05, 4.69) is 50.2 Å². The molecule has 1 fully saturated rings. The summed E-state index contributed by atoms with van der Waals surface area (Å²) in [6.07, 6.45) is 0.837. The molecular formula is C18H31IN4OS. The average molecular weight is 478 g/mol. The van der Waals surface area contributed by atoms with E-state index >= 15 is 0 Å². The van der Waals surface area contributed by atoms with Gasteiger partial charge in [-0.05, 0) is 38.6 Å². The lowest BCUT2D eigenvalue weighted by Crippen LogP contribution is -2.72. The van der Waals surface area contributed by atoms with Gasteiger partial charge in [-0.2, -0.15) is 0 Å². The topological polar surface area (TPSA) is 56.7 Å². The maximum absolute atomic E-state index is 11.9. The summed E-state index contributed by atoms with van der Waals surface area (Å²) in [4.78, 5) is 19.7. The molecule has 5 nitrogen and oxygen atoms in total. The molecule has 0 spiro atoms. The normalized spacial score (nSPS) is 18.1. The molecule has 1 aromatic rings. The predicted molar refractivity (Wildman–Crippen MR) is 117 cm³/mol. The predicted octanol–water partition coefficient (Wildman–Crippen LogP) is 3.57. The van der Waals surface area contributed by atoms with Gasteiger partial charge in [-0.15, -0.1) is 35.3 Å². The number of guanidine groups is 1. The number of nitrogens with zero attached hydrogens (tertiary/aromatic N) is 2. The lowest BCUT2D eigenvalue weighted by Gasteiger charge is -2.62. The first-order valence-electron chi connectivity index (χ1n) is 8.67. The Kier molecular flexibility index (Phi) is 8.18. The first-order chi connectivity index (χ1) is 11.3. The number of rotatable bonds is 6. The van der Waals surface area contributed by atoms with Crippen molar-refractivity contribution < 1.29 is 4.79 Å². The smallest absolute Gasteiger partial charge is 0.261 e. The van der Waals surface area contributed by atoms with Gasteiger partial charge in [0.25, 0.3) is 5.91 Å². The maximum atomic E-state index is 11.9. The Bertz CT molecular complexity index is 584. The van der Waals surface area contributed by atoms with Crippen molar-refractivity contribution in [3.8, 4) is 0 Å². The summed E-state index contributed by atoms with van der Waals surface area (Å²) in [6.45, 7) is 14.5. The van der Waals surface area contributed by atoms with Crippen LogP contribution in [0.1, 0.15) is 50.7 Å². The van der Waals surface area contributed by atoms with Crippen molar-refractivity contribution in [3.05, 3.63) is 22.4 Å². The number of carbonyl (C=O) groups is 1. The summed E-state index contributed by atoms with van der Waals surface area (Å²) in [5, 5.41) is 8.25. The Morgan fingerprint density at radius 3 is 2.56 bits per heavy atom. The fraction of sp³-hybridized carbons (Fsp3) is 0.667. The Morgan fingerprint density at radius 2 is 2.04 bits per heavy atom. The van der Waals surface area contributed by atoms with Gasteiger partial charge >= 0.3 is 0 Å². The Hall–Kier alpha value is -0.830. The second kappa shape index (κ2) is 9.21. The fourth-order valence-electron chi connectivity index (χ4n) is 2.76. The van der Waals surface area contributed by atoms with Gasteiger partial charge in [-0.25, -0.2) is 0 Å². The largest absolute Gasteiger partial charge is 0.356 e. The van der Waals surface area contributed by atoms with E-state index < -0.39 is 0 Å². The summed E-state index contributed by atoms with van der Waals surface area (Å²) in [5.74, 6) is 0.984. The number of likely N-dealkylation sites (tertiary alicyclic amines) is 1. The van der Waals surface area contributed by atoms with Gasteiger partial charge in [0.05, 0.1) is 4.88 Å². The summed E-state index contributed by atoms with van der Waals surface area (Å²) in [7, 11) is 0. The van der Waals surface area contributed by atoms with Gasteiger partial charge in [-0.1, -0.05) is 19.9 Å². The van der Waals surface area contributed by atoms with Crippen LogP contribution in [-0.2, 0) is 0 Å². The highest BCUT2D eigenvalue weighted by atomic mass is 127. The third-order valence-electron chi connectivity index (χ3n) is 5.10. The van der Waals surface area contributed by atoms with Crippen LogP contribution in [0.2, 0.25) is 0 Å². The molecule has 0 unspecified atom stereocenters. The number of nitrogens with one attached hydrogen (secondary N) is 2. The van der Waals surface area contributed by atoms with Gasteiger partial charge in [0.1, 0.15) is 0 Å². The van der Waals surface area contributed by atoms with Crippen molar-refractivity contribution in [2.24, 2.45) is 10.4 Å². The summed E-state index contributed by atoms with van der Waals surface area (Å²) in [5.41, 5.74) is 0.388. The zero-order valence-electron chi connectivity index (χ0n) is 15.9. The van der Waals surface area contributed by atoms with Crippen LogP contribution in [0.3, 0.4) is 0 Å². The highest BCUT2D eigenvalue weighted by Gasteiger charge is 2.53. The van der Waals surface area contributed by atoms with Crippen LogP contribution >= 0.6 is 35.3 Å². The number of hydrogen-bond donors (Lipinski definition) is 2. The fourth-order valence-corrected chi connectivity index (χ4v) is 3.40. The minimum atomic E-state index is 0. The molecule has 2 heterocycles. The van der Waals surface area contributed by atoms with Crippen LogP contribution in [0.15, 0.2) is 22.5 Å². The third-order valence-corrected chi connectivity index (χ3v) is 5.97. The molecule has 1 amide bonds. The number of carbonyl (C=O) groups excluding carboxylic acids is 1. The van der Waals surface area contributed by atoms with E-state index in [0.29, 0.717) is 13.1 Å². The Labute approximate surface area is 172 Å². The van der Waals surface area contributed by atoms with Crippen LogP contribution < -0.4 is 10.6 Å². The molecular weight excluding hydrogens is 447 g/mol. The van der Waals surface area contributed by atoms with Gasteiger partial charge < -0.3 is 15.5 Å². The lowest BCUT2D eigenvalue weighted by molar-refractivity contribution is -0.0667. The molecule has 0 saturated carbocycles. The lowest BCUT2D eigenvalue weighted by atomic mass is 9.65. The molecule has 0 aliphatic carbocycles. The second-order valence-electron chi connectivity index (χ2n) is 7.35. The molecule has 2 rings (SSSR count). The molecule has 0 radical (unpaired) electrons. The molecule has 7 heteroatoms. The van der Waals surface area contributed by atoms with Gasteiger partial charge in [0.15, 0.2) is 5.96 Å². The number of aliphatic imine (C=N–C) groups is 1. The SMILES string of the molecule is CCNC(=NCCCNC(=O)c1cccs1)N1CC(C)(C)C1(C)C.I. The van der Waals surface area contributed by atoms with E-state index in [1.807, 2.05) is 17.5 Å². The number of thiophene rings is 1. The monoisotopic (exact) mass is 478 g/mol.